The van der Waals surface area contributed by atoms with E-state index in [4.69, 9.17) is 4.42 Å². The monoisotopic (exact) mass is 475 g/mol. The Bertz CT molecular complexity index is 1810. The Hall–Kier alpha value is -4.82. The second-order valence-electron chi connectivity index (χ2n) is 9.46. The number of nitrogens with one attached hydrogen (secondary N) is 1. The summed E-state index contributed by atoms with van der Waals surface area (Å²) in [6.45, 7) is 0. The first-order valence-corrected chi connectivity index (χ1v) is 12.6. The van der Waals surface area contributed by atoms with Crippen molar-refractivity contribution in [2.45, 2.75) is 6.04 Å². The molecule has 0 fully saturated rings. The lowest BCUT2D eigenvalue weighted by Gasteiger charge is -2.21. The van der Waals surface area contributed by atoms with E-state index < -0.39 is 0 Å². The maximum Gasteiger partial charge on any atom is 0.143 e. The molecule has 2 heteroatoms. The minimum Gasteiger partial charge on any atom is -0.455 e. The highest BCUT2D eigenvalue weighted by atomic mass is 16.3. The van der Waals surface area contributed by atoms with Crippen molar-refractivity contribution in [1.82, 2.24) is 0 Å². The minimum absolute atomic E-state index is 0.0482. The molecule has 0 atom stereocenters. The first kappa shape index (κ1) is 21.5. The van der Waals surface area contributed by atoms with Gasteiger partial charge in [-0.2, -0.15) is 0 Å². The zero-order valence-electron chi connectivity index (χ0n) is 20.3. The number of benzene rings is 6. The largest absolute Gasteiger partial charge is 0.455 e. The molecule has 176 valence electrons. The number of hydrogen-bond donors (Lipinski definition) is 1. The van der Waals surface area contributed by atoms with Crippen molar-refractivity contribution in [2.75, 3.05) is 5.32 Å². The van der Waals surface area contributed by atoms with E-state index in [0.717, 1.165) is 38.8 Å². The van der Waals surface area contributed by atoms with Gasteiger partial charge < -0.3 is 9.73 Å². The predicted octanol–water partition coefficient (Wildman–Crippen LogP) is 9.61. The molecule has 0 radical (unpaired) electrons. The lowest BCUT2D eigenvalue weighted by Crippen LogP contribution is -2.12. The van der Waals surface area contributed by atoms with Crippen molar-refractivity contribution in [3.05, 3.63) is 151 Å². The molecular formula is C35H25NO. The number of hydrogen-bond acceptors (Lipinski definition) is 2. The summed E-state index contributed by atoms with van der Waals surface area (Å²) >= 11 is 0. The smallest absolute Gasteiger partial charge is 0.143 e. The van der Waals surface area contributed by atoms with Crippen LogP contribution in [0.1, 0.15) is 17.2 Å². The first-order valence-electron chi connectivity index (χ1n) is 12.6. The third-order valence-electron chi connectivity index (χ3n) is 7.12. The third-order valence-corrected chi connectivity index (χ3v) is 7.12. The van der Waals surface area contributed by atoms with Crippen LogP contribution in [0.3, 0.4) is 0 Å². The normalized spacial score (nSPS) is 11.5. The highest BCUT2D eigenvalue weighted by Gasteiger charge is 2.16. The molecule has 0 spiro atoms. The van der Waals surface area contributed by atoms with E-state index in [-0.39, 0.29) is 6.04 Å². The summed E-state index contributed by atoms with van der Waals surface area (Å²) in [5.41, 5.74) is 7.58. The van der Waals surface area contributed by atoms with E-state index in [1.165, 1.54) is 21.9 Å². The van der Waals surface area contributed by atoms with E-state index in [2.05, 4.69) is 145 Å². The Kier molecular flexibility index (Phi) is 5.22. The number of para-hydroxylation sites is 1. The van der Waals surface area contributed by atoms with Crippen molar-refractivity contribution in [3.63, 3.8) is 0 Å². The van der Waals surface area contributed by atoms with Crippen LogP contribution >= 0.6 is 0 Å². The van der Waals surface area contributed by atoms with Crippen LogP contribution in [0, 0.1) is 0 Å². The van der Waals surface area contributed by atoms with Crippen LogP contribution in [0.25, 0.3) is 43.8 Å². The molecule has 1 aromatic heterocycles. The maximum absolute atomic E-state index is 6.49. The molecule has 7 aromatic rings. The molecule has 0 aliphatic carbocycles. The summed E-state index contributed by atoms with van der Waals surface area (Å²) in [6, 6.07) is 49.1. The van der Waals surface area contributed by atoms with E-state index in [0.29, 0.717) is 0 Å². The summed E-state index contributed by atoms with van der Waals surface area (Å²) in [7, 11) is 0. The van der Waals surface area contributed by atoms with Gasteiger partial charge in [-0.15, -0.1) is 0 Å². The first-order chi connectivity index (χ1) is 18.3. The molecule has 1 heterocycles. The Morgan fingerprint density at radius 3 is 1.89 bits per heavy atom. The van der Waals surface area contributed by atoms with Gasteiger partial charge in [0.15, 0.2) is 0 Å². The van der Waals surface area contributed by atoms with Crippen molar-refractivity contribution in [1.29, 1.82) is 0 Å². The molecule has 37 heavy (non-hydrogen) atoms. The highest BCUT2D eigenvalue weighted by molar-refractivity contribution is 6.13. The highest BCUT2D eigenvalue weighted by Crippen LogP contribution is 2.38. The third kappa shape index (κ3) is 3.93. The molecule has 1 N–H and O–H groups in total. The van der Waals surface area contributed by atoms with E-state index in [9.17, 15) is 0 Å². The molecule has 2 nitrogen and oxygen atoms in total. The Labute approximate surface area is 215 Å². The molecular weight excluding hydrogens is 450 g/mol. The lowest BCUT2D eigenvalue weighted by molar-refractivity contribution is 0.670. The fourth-order valence-corrected chi connectivity index (χ4v) is 5.30. The van der Waals surface area contributed by atoms with Gasteiger partial charge in [-0.1, -0.05) is 115 Å². The van der Waals surface area contributed by atoms with Crippen LogP contribution < -0.4 is 5.32 Å². The molecule has 6 aromatic carbocycles. The lowest BCUT2D eigenvalue weighted by atomic mass is 9.97. The van der Waals surface area contributed by atoms with Gasteiger partial charge >= 0.3 is 0 Å². The van der Waals surface area contributed by atoms with Crippen molar-refractivity contribution in [3.8, 4) is 11.1 Å². The Balaban J connectivity index is 1.32. The zero-order valence-corrected chi connectivity index (χ0v) is 20.3. The molecule has 0 aliphatic rings. The second kappa shape index (κ2) is 9.00. The van der Waals surface area contributed by atoms with Gasteiger partial charge in [-0.25, -0.2) is 0 Å². The van der Waals surface area contributed by atoms with Gasteiger partial charge in [0.05, 0.1) is 6.04 Å². The number of furan rings is 1. The van der Waals surface area contributed by atoms with Crippen LogP contribution in [0.15, 0.2) is 144 Å². The maximum atomic E-state index is 6.49. The standard InChI is InChI=1S/C35H25NO/c1-3-11-24(12-4-1)34(25-13-5-2-6-14-25)36-29-18-9-17-28(21-29)30-19-10-20-31-32-22-26-15-7-8-16-27(26)23-33(32)37-35(30)31/h1-23,34,36H. The van der Waals surface area contributed by atoms with Gasteiger partial charge in [-0.05, 0) is 51.7 Å². The van der Waals surface area contributed by atoms with E-state index >= 15 is 0 Å². The molecule has 0 saturated carbocycles. The zero-order chi connectivity index (χ0) is 24.6. The molecule has 0 amide bonds. The van der Waals surface area contributed by atoms with Crippen molar-refractivity contribution in [2.24, 2.45) is 0 Å². The van der Waals surface area contributed by atoms with Gasteiger partial charge in [0.1, 0.15) is 11.2 Å². The fraction of sp³-hybridized carbons (Fsp3) is 0.0286. The fourth-order valence-electron chi connectivity index (χ4n) is 5.30. The van der Waals surface area contributed by atoms with Crippen molar-refractivity contribution >= 4 is 38.4 Å². The van der Waals surface area contributed by atoms with Crippen LogP contribution in [-0.2, 0) is 0 Å². The Morgan fingerprint density at radius 1 is 0.514 bits per heavy atom. The topological polar surface area (TPSA) is 25.2 Å². The number of fused-ring (bicyclic) bond motifs is 4. The number of anilines is 1. The summed E-state index contributed by atoms with van der Waals surface area (Å²) in [5, 5.41) is 8.49. The van der Waals surface area contributed by atoms with Crippen LogP contribution in [0.2, 0.25) is 0 Å². The molecule has 0 bridgehead atoms. The predicted molar refractivity (Wildman–Crippen MR) is 155 cm³/mol. The Morgan fingerprint density at radius 2 is 1.16 bits per heavy atom. The SMILES string of the molecule is c1ccc(C(Nc2cccc(-c3cccc4c3oc3cc5ccccc5cc34)c2)c2ccccc2)cc1. The van der Waals surface area contributed by atoms with Gasteiger partial charge in [0.25, 0.3) is 0 Å². The summed E-state index contributed by atoms with van der Waals surface area (Å²) in [6.07, 6.45) is 0. The minimum atomic E-state index is 0.0482. The van der Waals surface area contributed by atoms with Gasteiger partial charge in [0.2, 0.25) is 0 Å². The average Bonchev–Trinajstić information content (AvgIpc) is 3.33. The van der Waals surface area contributed by atoms with Crippen molar-refractivity contribution < 1.29 is 4.42 Å². The summed E-state index contributed by atoms with van der Waals surface area (Å²) in [4.78, 5) is 0. The van der Waals surface area contributed by atoms with E-state index in [1.54, 1.807) is 0 Å². The average molecular weight is 476 g/mol. The molecule has 0 saturated heterocycles. The second-order valence-corrected chi connectivity index (χ2v) is 9.46. The van der Waals surface area contributed by atoms with E-state index in [1.807, 2.05) is 0 Å². The van der Waals surface area contributed by atoms with Crippen LogP contribution in [0.4, 0.5) is 5.69 Å². The molecule has 0 unspecified atom stereocenters. The van der Waals surface area contributed by atoms with Crippen LogP contribution in [-0.4, -0.2) is 0 Å². The quantitative estimate of drug-likeness (QED) is 0.268. The van der Waals surface area contributed by atoms with Gasteiger partial charge in [0, 0.05) is 22.0 Å². The number of rotatable bonds is 5. The molecule has 0 aliphatic heterocycles. The van der Waals surface area contributed by atoms with Crippen LogP contribution in [0.5, 0.6) is 0 Å². The van der Waals surface area contributed by atoms with Gasteiger partial charge in [-0.3, -0.25) is 0 Å². The summed E-state index contributed by atoms with van der Waals surface area (Å²) in [5.74, 6) is 0. The summed E-state index contributed by atoms with van der Waals surface area (Å²) < 4.78 is 6.49. The molecule has 7 rings (SSSR count).